The van der Waals surface area contributed by atoms with E-state index in [2.05, 4.69) is 18.8 Å². The Kier molecular flexibility index (Phi) is 36.3. The summed E-state index contributed by atoms with van der Waals surface area (Å²) in [5.41, 5.74) is 16.6. The number of aliphatic imine (C=N–C) groups is 1. The van der Waals surface area contributed by atoms with E-state index in [-0.39, 0.29) is 24.3 Å². The molecule has 6 N–H and O–H groups in total. The number of rotatable bonds is 33. The lowest BCUT2D eigenvalue weighted by atomic mass is 10.0. The third kappa shape index (κ3) is 33.7. The zero-order valence-electron chi connectivity index (χ0n) is 28.5. The van der Waals surface area contributed by atoms with Crippen LogP contribution in [0.3, 0.4) is 0 Å². The number of carbonyl (C=O) groups is 1. The van der Waals surface area contributed by atoms with Gasteiger partial charge in [-0.1, -0.05) is 149 Å². The van der Waals surface area contributed by atoms with Gasteiger partial charge in [0.05, 0.1) is 19.3 Å². The highest BCUT2D eigenvalue weighted by Gasteiger charge is 2.15. The average Bonchev–Trinajstić information content (AvgIpc) is 2.98. The number of halogens is 1. The van der Waals surface area contributed by atoms with Gasteiger partial charge in [-0.2, -0.15) is 0 Å². The van der Waals surface area contributed by atoms with Crippen LogP contribution in [0.25, 0.3) is 0 Å². The maximum Gasteiger partial charge on any atom is 0.322 e. The van der Waals surface area contributed by atoms with Gasteiger partial charge in [0.25, 0.3) is 0 Å². The van der Waals surface area contributed by atoms with Gasteiger partial charge in [-0.3, -0.25) is 9.79 Å². The molecule has 0 saturated heterocycles. The lowest BCUT2D eigenvalue weighted by molar-refractivity contribution is -0.145. The van der Waals surface area contributed by atoms with Gasteiger partial charge in [0, 0.05) is 13.0 Å². The Labute approximate surface area is 273 Å². The molecule has 0 aliphatic rings. The lowest BCUT2D eigenvalue weighted by Gasteiger charge is -2.18. The fourth-order valence-corrected chi connectivity index (χ4v) is 5.43. The average molecular weight is 633 g/mol. The number of esters is 1. The van der Waals surface area contributed by atoms with Gasteiger partial charge in [0.15, 0.2) is 5.96 Å². The normalized spacial score (nSPS) is 12.4. The molecule has 0 aromatic carbocycles. The Morgan fingerprint density at radius 3 is 1.42 bits per heavy atom. The topological polar surface area (TPSA) is 126 Å². The van der Waals surface area contributed by atoms with Crippen LogP contribution in [0, 0.1) is 0 Å². The molecule has 1 unspecified atom stereocenters. The number of hydrogen-bond donors (Lipinski definition) is 3. The molecule has 0 heterocycles. The van der Waals surface area contributed by atoms with Gasteiger partial charge in [-0.25, -0.2) is 0 Å². The number of carbonyl (C=O) groups excluding carboxylic acids is 1. The van der Waals surface area contributed by atoms with Crippen molar-refractivity contribution in [2.75, 3.05) is 19.8 Å². The van der Waals surface area contributed by atoms with E-state index in [1.807, 2.05) is 0 Å². The number of guanidine groups is 1. The quantitative estimate of drug-likeness (QED) is 0.0286. The second-order valence-electron chi connectivity index (χ2n) is 12.4. The summed E-state index contributed by atoms with van der Waals surface area (Å²) in [6.45, 7) is 6.01. The number of nitrogens with zero attached hydrogens (tertiary/aromatic N) is 1. The van der Waals surface area contributed by atoms with Crippen LogP contribution in [-0.2, 0) is 14.3 Å². The van der Waals surface area contributed by atoms with Gasteiger partial charge in [0.2, 0.25) is 0 Å². The van der Waals surface area contributed by atoms with Crippen molar-refractivity contribution in [3.63, 3.8) is 0 Å². The van der Waals surface area contributed by atoms with Crippen molar-refractivity contribution in [2.45, 2.75) is 193 Å². The minimum atomic E-state index is -0.634. The number of unbranched alkanes of at least 4 members (excludes halogenated alkanes) is 19. The smallest absolute Gasteiger partial charge is 0.322 e. The van der Waals surface area contributed by atoms with Crippen LogP contribution in [0.1, 0.15) is 181 Å². The van der Waals surface area contributed by atoms with Crippen molar-refractivity contribution in [3.8, 4) is 0 Å². The van der Waals surface area contributed by atoms with E-state index in [1.165, 1.54) is 135 Å². The zero-order chi connectivity index (χ0) is 30.9. The lowest BCUT2D eigenvalue weighted by Crippen LogP contribution is -2.33. The molecule has 258 valence electrons. The van der Waals surface area contributed by atoms with Gasteiger partial charge >= 0.3 is 5.97 Å². The molecule has 0 amide bonds. The van der Waals surface area contributed by atoms with Crippen molar-refractivity contribution in [1.82, 2.24) is 0 Å². The highest BCUT2D eigenvalue weighted by molar-refractivity contribution is 5.85. The first-order chi connectivity index (χ1) is 20.5. The molecule has 0 radical (unpaired) electrons. The molecule has 0 aliphatic carbocycles. The summed E-state index contributed by atoms with van der Waals surface area (Å²) in [4.78, 5) is 16.1. The van der Waals surface area contributed by atoms with Crippen molar-refractivity contribution in [3.05, 3.63) is 0 Å². The van der Waals surface area contributed by atoms with E-state index in [0.717, 1.165) is 12.8 Å². The van der Waals surface area contributed by atoms with Crippen LogP contribution in [0.5, 0.6) is 0 Å². The minimum Gasteiger partial charge on any atom is -0.464 e. The predicted octanol–water partition coefficient (Wildman–Crippen LogP) is 9.12. The molecular formula is C35H73ClN4O3. The Hall–Kier alpha value is -1.05. The molecule has 0 rings (SSSR count). The van der Waals surface area contributed by atoms with Crippen LogP contribution in [0.4, 0.5) is 0 Å². The maximum atomic E-state index is 12.1. The highest BCUT2D eigenvalue weighted by atomic mass is 35.5. The summed E-state index contributed by atoms with van der Waals surface area (Å²) in [7, 11) is 0. The summed E-state index contributed by atoms with van der Waals surface area (Å²) in [5, 5.41) is 0. The molecular weight excluding hydrogens is 560 g/mol. The van der Waals surface area contributed by atoms with Gasteiger partial charge in [0.1, 0.15) is 6.04 Å². The molecule has 2 atom stereocenters. The van der Waals surface area contributed by atoms with Gasteiger partial charge in [-0.05, 0) is 25.7 Å². The molecule has 0 spiro atoms. The molecule has 8 heteroatoms. The molecule has 0 aliphatic heterocycles. The largest absolute Gasteiger partial charge is 0.464 e. The fraction of sp³-hybridized carbons (Fsp3) is 0.943. The highest BCUT2D eigenvalue weighted by Crippen LogP contribution is 2.18. The molecule has 43 heavy (non-hydrogen) atoms. The fourth-order valence-electron chi connectivity index (χ4n) is 5.43. The van der Waals surface area contributed by atoms with Crippen molar-refractivity contribution < 1.29 is 14.3 Å². The van der Waals surface area contributed by atoms with E-state index in [0.29, 0.717) is 45.1 Å². The zero-order valence-corrected chi connectivity index (χ0v) is 29.3. The van der Waals surface area contributed by atoms with Crippen molar-refractivity contribution >= 4 is 24.3 Å². The van der Waals surface area contributed by atoms with Gasteiger partial charge in [-0.15, -0.1) is 12.4 Å². The van der Waals surface area contributed by atoms with E-state index in [4.69, 9.17) is 26.7 Å². The Bertz CT molecular complexity index is 606. The van der Waals surface area contributed by atoms with Crippen LogP contribution in [0.2, 0.25) is 0 Å². The summed E-state index contributed by atoms with van der Waals surface area (Å²) >= 11 is 0. The molecule has 0 aromatic heterocycles. The molecule has 0 bridgehead atoms. The number of nitrogens with two attached hydrogens (primary N) is 3. The summed E-state index contributed by atoms with van der Waals surface area (Å²) in [5.74, 6) is -0.302. The number of ether oxygens (including phenoxy) is 2. The van der Waals surface area contributed by atoms with E-state index in [1.54, 1.807) is 0 Å². The van der Waals surface area contributed by atoms with E-state index < -0.39 is 6.04 Å². The van der Waals surface area contributed by atoms with Crippen molar-refractivity contribution in [2.24, 2.45) is 22.2 Å². The summed E-state index contributed by atoms with van der Waals surface area (Å²) in [6, 6.07) is -0.634. The second-order valence-corrected chi connectivity index (χ2v) is 12.4. The Balaban J connectivity index is 0. The monoisotopic (exact) mass is 633 g/mol. The first-order valence-electron chi connectivity index (χ1n) is 18.1. The van der Waals surface area contributed by atoms with Crippen LogP contribution >= 0.6 is 12.4 Å². The summed E-state index contributed by atoms with van der Waals surface area (Å²) < 4.78 is 11.7. The van der Waals surface area contributed by atoms with E-state index >= 15 is 0 Å². The van der Waals surface area contributed by atoms with Gasteiger partial charge < -0.3 is 26.7 Å². The maximum absolute atomic E-state index is 12.1. The second kappa shape index (κ2) is 35.4. The number of hydrogen-bond acceptors (Lipinski definition) is 5. The van der Waals surface area contributed by atoms with Crippen LogP contribution in [0.15, 0.2) is 4.99 Å². The first kappa shape index (κ1) is 44.1. The Morgan fingerprint density at radius 2 is 1.00 bits per heavy atom. The third-order valence-electron chi connectivity index (χ3n) is 8.17. The molecule has 0 fully saturated rings. The summed E-state index contributed by atoms with van der Waals surface area (Å²) in [6.07, 6.45) is 33.1. The van der Waals surface area contributed by atoms with Crippen LogP contribution in [-0.4, -0.2) is 43.8 Å². The molecule has 7 nitrogen and oxygen atoms in total. The predicted molar refractivity (Wildman–Crippen MR) is 188 cm³/mol. The van der Waals surface area contributed by atoms with Crippen LogP contribution < -0.4 is 17.2 Å². The SMILES string of the molecule is CCCCCCCCCCCCCC(CCCCCCCCCCCC)OCCCOC(=O)[C@@H](N)CCCN=C(N)N.Cl. The first-order valence-corrected chi connectivity index (χ1v) is 18.1. The standard InChI is InChI=1S/C35H72N4O3.ClH/c1-3-5-7-9-11-13-15-17-19-21-23-27-32(26-22-20-18-16-14-12-10-8-6-4-2)41-30-25-31-42-34(40)33(36)28-24-29-39-35(37)38;/h32-33H,3-31,36H2,1-2H3,(H4,37,38,39);1H/t32?,33-;/m0./s1. The molecule has 0 aromatic rings. The minimum absolute atomic E-state index is 0. The Morgan fingerprint density at radius 1 is 0.581 bits per heavy atom. The molecule has 0 saturated carbocycles. The van der Waals surface area contributed by atoms with E-state index in [9.17, 15) is 4.79 Å². The third-order valence-corrected chi connectivity index (χ3v) is 8.17. The van der Waals surface area contributed by atoms with Crippen molar-refractivity contribution in [1.29, 1.82) is 0 Å².